The van der Waals surface area contributed by atoms with Gasteiger partial charge in [-0.25, -0.2) is 0 Å². The number of allylic oxidation sites excluding steroid dienone is 4. The zero-order chi connectivity index (χ0) is 20.7. The van der Waals surface area contributed by atoms with Gasteiger partial charge in [0.2, 0.25) is 0 Å². The fraction of sp³-hybridized carbons (Fsp3) is 0.241. The summed E-state index contributed by atoms with van der Waals surface area (Å²) in [5.74, 6) is 1.45. The lowest BCUT2D eigenvalue weighted by Gasteiger charge is -2.42. The van der Waals surface area contributed by atoms with Gasteiger partial charge in [0.05, 0.1) is 5.41 Å². The van der Waals surface area contributed by atoms with Crippen LogP contribution in [0.1, 0.15) is 40.7 Å². The number of hydrogen-bond acceptors (Lipinski definition) is 0. The minimum atomic E-state index is -0.234. The van der Waals surface area contributed by atoms with E-state index >= 15 is 0 Å². The third kappa shape index (κ3) is 2.38. The maximum Gasteiger partial charge on any atom is 0.139 e. The van der Waals surface area contributed by atoms with E-state index in [0.29, 0.717) is 5.92 Å². The van der Waals surface area contributed by atoms with Gasteiger partial charge in [-0.1, -0.05) is 82.1 Å². The molecule has 0 radical (unpaired) electrons. The quantitative estimate of drug-likeness (QED) is 0.432. The van der Waals surface area contributed by atoms with Crippen LogP contribution in [0.25, 0.3) is 11.1 Å². The van der Waals surface area contributed by atoms with Gasteiger partial charge in [-0.2, -0.15) is 0 Å². The van der Waals surface area contributed by atoms with Crippen molar-refractivity contribution >= 4 is 29.2 Å². The first-order valence-electron chi connectivity index (χ1n) is 11.6. The molecule has 3 aromatic carbocycles. The van der Waals surface area contributed by atoms with Crippen molar-refractivity contribution in [2.75, 3.05) is 0 Å². The molecule has 150 valence electrons. The lowest BCUT2D eigenvalue weighted by molar-refractivity contribution is 0.279. The second-order valence-electron chi connectivity index (χ2n) is 9.86. The first-order valence-corrected chi connectivity index (χ1v) is 12.4. The molecule has 0 bridgehead atoms. The molecule has 0 nitrogen and oxygen atoms in total. The van der Waals surface area contributed by atoms with Crippen LogP contribution in [0.2, 0.25) is 0 Å². The summed E-state index contributed by atoms with van der Waals surface area (Å²) in [6.07, 6.45) is 12.7. The Morgan fingerprint density at radius 1 is 0.806 bits per heavy atom. The molecule has 7 rings (SSSR count). The molecule has 4 aliphatic carbocycles. The predicted molar refractivity (Wildman–Crippen MR) is 135 cm³/mol. The highest BCUT2D eigenvalue weighted by atomic mass is 79.9. The van der Waals surface area contributed by atoms with E-state index in [2.05, 4.69) is 96.6 Å². The molecular weight excluding hydrogens is 439 g/mol. The van der Waals surface area contributed by atoms with Crippen LogP contribution in [-0.2, 0) is 18.3 Å². The van der Waals surface area contributed by atoms with Gasteiger partial charge in [-0.05, 0) is 94.2 Å². The smallest absolute Gasteiger partial charge is 0.0886 e. The maximum atomic E-state index is 3.80. The van der Waals surface area contributed by atoms with Gasteiger partial charge in [0, 0.05) is 4.47 Å². The fourth-order valence-electron chi connectivity index (χ4n) is 6.39. The summed E-state index contributed by atoms with van der Waals surface area (Å²) >= 11 is 3.80. The zero-order valence-electron chi connectivity index (χ0n) is 17.8. The standard InChI is InChI=1S/C29H24BBr/c30-23-9-11-25-26-12-10-24(31)16-28(26)29(27(25)15-23,21-7-5-17-1-3-19(17)13-21)22-8-6-18-2-4-20(18)14-22/h5-17,19H,1-4,30H2. The van der Waals surface area contributed by atoms with E-state index in [0.717, 1.165) is 10.4 Å². The Balaban J connectivity index is 1.61. The van der Waals surface area contributed by atoms with Crippen LogP contribution < -0.4 is 5.46 Å². The first kappa shape index (κ1) is 18.3. The largest absolute Gasteiger partial charge is 0.139 e. The lowest BCUT2D eigenvalue weighted by atomic mass is 9.61. The fourth-order valence-corrected chi connectivity index (χ4v) is 6.75. The molecule has 0 saturated heterocycles. The number of aryl methyl sites for hydroxylation is 2. The Morgan fingerprint density at radius 3 is 2.29 bits per heavy atom. The Labute approximate surface area is 193 Å². The van der Waals surface area contributed by atoms with Gasteiger partial charge in [0.1, 0.15) is 7.85 Å². The Kier molecular flexibility index (Phi) is 3.75. The summed E-state index contributed by atoms with van der Waals surface area (Å²) < 4.78 is 1.16. The molecule has 0 aliphatic heterocycles. The summed E-state index contributed by atoms with van der Waals surface area (Å²) in [7, 11) is 2.23. The zero-order valence-corrected chi connectivity index (χ0v) is 19.4. The Hall–Kier alpha value is -2.32. The van der Waals surface area contributed by atoms with E-state index in [1.165, 1.54) is 75.7 Å². The van der Waals surface area contributed by atoms with Crippen molar-refractivity contribution in [3.63, 3.8) is 0 Å². The molecule has 0 N–H and O–H groups in total. The average molecular weight is 463 g/mol. The summed E-state index contributed by atoms with van der Waals surface area (Å²) in [6, 6.07) is 21.3. The van der Waals surface area contributed by atoms with Crippen molar-refractivity contribution in [2.24, 2.45) is 11.8 Å². The molecule has 3 aromatic rings. The normalized spacial score (nSPS) is 26.7. The van der Waals surface area contributed by atoms with Crippen molar-refractivity contribution in [3.8, 4) is 11.1 Å². The first-order chi connectivity index (χ1) is 15.1. The van der Waals surface area contributed by atoms with Crippen LogP contribution in [0, 0.1) is 11.8 Å². The molecule has 0 aromatic heterocycles. The SMILES string of the molecule is Bc1ccc2c(c1)C(C1=CC3CCC3C=C1)(c1ccc3c(c1)CC3)c1cc(Br)ccc1-2. The van der Waals surface area contributed by atoms with Crippen LogP contribution in [0.5, 0.6) is 0 Å². The number of fused-ring (bicyclic) bond motifs is 5. The van der Waals surface area contributed by atoms with E-state index in [1.54, 1.807) is 0 Å². The van der Waals surface area contributed by atoms with Crippen LogP contribution in [-0.4, -0.2) is 7.85 Å². The summed E-state index contributed by atoms with van der Waals surface area (Å²) in [5, 5.41) is 0. The molecule has 3 unspecified atom stereocenters. The third-order valence-electron chi connectivity index (χ3n) is 8.29. The minimum absolute atomic E-state index is 0.234. The highest BCUT2D eigenvalue weighted by Gasteiger charge is 2.48. The maximum absolute atomic E-state index is 3.80. The van der Waals surface area contributed by atoms with Crippen molar-refractivity contribution in [2.45, 2.75) is 31.1 Å². The topological polar surface area (TPSA) is 0 Å². The highest BCUT2D eigenvalue weighted by Crippen LogP contribution is 2.59. The Morgan fingerprint density at radius 2 is 1.58 bits per heavy atom. The van der Waals surface area contributed by atoms with Crippen LogP contribution in [0.15, 0.2) is 82.9 Å². The van der Waals surface area contributed by atoms with Crippen molar-refractivity contribution in [1.82, 2.24) is 0 Å². The van der Waals surface area contributed by atoms with Gasteiger partial charge in [-0.3, -0.25) is 0 Å². The van der Waals surface area contributed by atoms with E-state index in [9.17, 15) is 0 Å². The van der Waals surface area contributed by atoms with Crippen molar-refractivity contribution in [1.29, 1.82) is 0 Å². The molecular formula is C29H24BBr. The van der Waals surface area contributed by atoms with Gasteiger partial charge in [0.25, 0.3) is 0 Å². The molecule has 3 atom stereocenters. The number of benzene rings is 3. The van der Waals surface area contributed by atoms with Gasteiger partial charge in [0.15, 0.2) is 0 Å². The van der Waals surface area contributed by atoms with Crippen molar-refractivity contribution in [3.05, 3.63) is 111 Å². The number of hydrogen-bond donors (Lipinski definition) is 0. The molecule has 0 spiro atoms. The second kappa shape index (κ2) is 6.36. The van der Waals surface area contributed by atoms with Crippen LogP contribution in [0.4, 0.5) is 0 Å². The number of rotatable bonds is 2. The molecule has 0 amide bonds. The van der Waals surface area contributed by atoms with E-state index < -0.39 is 0 Å². The molecule has 4 aliphatic rings. The summed E-state index contributed by atoms with van der Waals surface area (Å²) in [6.45, 7) is 0. The van der Waals surface area contributed by atoms with Gasteiger partial charge < -0.3 is 0 Å². The molecule has 2 heteroatoms. The third-order valence-corrected chi connectivity index (χ3v) is 8.78. The summed E-state index contributed by atoms with van der Waals surface area (Å²) in [4.78, 5) is 0. The minimum Gasteiger partial charge on any atom is -0.0886 e. The van der Waals surface area contributed by atoms with E-state index in [1.807, 2.05) is 0 Å². The molecule has 31 heavy (non-hydrogen) atoms. The predicted octanol–water partition coefficient (Wildman–Crippen LogP) is 5.64. The summed E-state index contributed by atoms with van der Waals surface area (Å²) in [5.41, 5.74) is 12.7. The molecule has 1 fully saturated rings. The molecule has 0 heterocycles. The highest BCUT2D eigenvalue weighted by molar-refractivity contribution is 9.10. The number of halogens is 1. The Bertz CT molecular complexity index is 1280. The van der Waals surface area contributed by atoms with Crippen molar-refractivity contribution < 1.29 is 0 Å². The van der Waals surface area contributed by atoms with Crippen LogP contribution in [0.3, 0.4) is 0 Å². The van der Waals surface area contributed by atoms with E-state index in [-0.39, 0.29) is 5.41 Å². The van der Waals surface area contributed by atoms with Gasteiger partial charge >= 0.3 is 0 Å². The van der Waals surface area contributed by atoms with E-state index in [4.69, 9.17) is 0 Å². The second-order valence-corrected chi connectivity index (χ2v) is 10.8. The lowest BCUT2D eigenvalue weighted by Crippen LogP contribution is -2.34. The molecule has 1 saturated carbocycles. The van der Waals surface area contributed by atoms with Crippen LogP contribution >= 0.6 is 15.9 Å². The monoisotopic (exact) mass is 462 g/mol. The average Bonchev–Trinajstić information content (AvgIpc) is 2.99. The van der Waals surface area contributed by atoms with Gasteiger partial charge in [-0.15, -0.1) is 0 Å².